The molecule has 0 radical (unpaired) electrons. The first kappa shape index (κ1) is 17.3. The molecule has 5 nitrogen and oxygen atoms in total. The van der Waals surface area contributed by atoms with E-state index in [9.17, 15) is 9.59 Å². The molecule has 0 unspecified atom stereocenters. The molecule has 25 heavy (non-hydrogen) atoms. The van der Waals surface area contributed by atoms with Crippen molar-refractivity contribution in [1.29, 1.82) is 0 Å². The number of benzene rings is 1. The average Bonchev–Trinajstić information content (AvgIpc) is 3.15. The lowest BCUT2D eigenvalue weighted by Crippen LogP contribution is -2.41. The summed E-state index contributed by atoms with van der Waals surface area (Å²) in [5.74, 6) is -0.684. The van der Waals surface area contributed by atoms with Crippen molar-refractivity contribution in [2.24, 2.45) is 0 Å². The minimum atomic E-state index is -0.366. The van der Waals surface area contributed by atoms with Crippen LogP contribution in [0.5, 0.6) is 0 Å². The standard InChI is InChI=1S/C18H17N3O2S2/c1-10-9-14(12(3)24-10)16(22)20-21-17(23)15-11(2)19-18(25-15)13-7-5-4-6-8-13/h4-9H,1-3H3,(H,20,22)(H,21,23). The van der Waals surface area contributed by atoms with Crippen LogP contribution in [0, 0.1) is 20.8 Å². The molecule has 0 aliphatic rings. The number of nitrogens with one attached hydrogen (secondary N) is 2. The van der Waals surface area contributed by atoms with E-state index in [4.69, 9.17) is 0 Å². The van der Waals surface area contributed by atoms with Crippen LogP contribution in [0.1, 0.15) is 35.5 Å². The zero-order valence-corrected chi connectivity index (χ0v) is 15.7. The van der Waals surface area contributed by atoms with Gasteiger partial charge in [0.25, 0.3) is 11.8 Å². The first-order valence-electron chi connectivity index (χ1n) is 7.66. The van der Waals surface area contributed by atoms with Crippen LogP contribution in [-0.4, -0.2) is 16.8 Å². The highest BCUT2D eigenvalue weighted by molar-refractivity contribution is 7.17. The summed E-state index contributed by atoms with van der Waals surface area (Å²) in [5.41, 5.74) is 7.13. The zero-order valence-electron chi connectivity index (χ0n) is 14.0. The van der Waals surface area contributed by atoms with Crippen LogP contribution >= 0.6 is 22.7 Å². The number of aromatic nitrogens is 1. The topological polar surface area (TPSA) is 71.1 Å². The zero-order chi connectivity index (χ0) is 18.0. The van der Waals surface area contributed by atoms with Crippen LogP contribution in [0.2, 0.25) is 0 Å². The van der Waals surface area contributed by atoms with Gasteiger partial charge in [0.15, 0.2) is 0 Å². The Bertz CT molecular complexity index is 929. The average molecular weight is 371 g/mol. The maximum atomic E-state index is 12.4. The Balaban J connectivity index is 1.71. The van der Waals surface area contributed by atoms with E-state index in [1.807, 2.05) is 50.2 Å². The largest absolute Gasteiger partial charge is 0.281 e. The van der Waals surface area contributed by atoms with Gasteiger partial charge in [0, 0.05) is 15.3 Å². The minimum Gasteiger partial charge on any atom is -0.267 e. The number of carbonyl (C=O) groups is 2. The quantitative estimate of drug-likeness (QED) is 0.687. The summed E-state index contributed by atoms with van der Waals surface area (Å²) in [6.45, 7) is 5.61. The molecule has 2 aromatic heterocycles. The molecule has 0 bridgehead atoms. The van der Waals surface area contributed by atoms with E-state index >= 15 is 0 Å². The summed E-state index contributed by atoms with van der Waals surface area (Å²) in [6.07, 6.45) is 0. The molecular weight excluding hydrogens is 354 g/mol. The Kier molecular flexibility index (Phi) is 4.96. The van der Waals surface area contributed by atoms with Gasteiger partial charge in [-0.2, -0.15) is 0 Å². The molecule has 0 atom stereocenters. The third-order valence-corrected chi connectivity index (χ3v) is 5.77. The highest BCUT2D eigenvalue weighted by Gasteiger charge is 2.18. The van der Waals surface area contributed by atoms with Gasteiger partial charge in [-0.05, 0) is 26.8 Å². The van der Waals surface area contributed by atoms with E-state index < -0.39 is 0 Å². The number of amides is 2. The predicted octanol–water partition coefficient (Wildman–Crippen LogP) is 3.87. The summed E-state index contributed by atoms with van der Waals surface area (Å²) in [6, 6.07) is 11.5. The molecule has 0 saturated carbocycles. The molecule has 0 fully saturated rings. The molecule has 7 heteroatoms. The molecule has 0 saturated heterocycles. The second-order valence-corrected chi connectivity index (χ2v) is 7.99. The van der Waals surface area contributed by atoms with E-state index in [0.717, 1.165) is 20.3 Å². The summed E-state index contributed by atoms with van der Waals surface area (Å²) >= 11 is 2.85. The van der Waals surface area contributed by atoms with Gasteiger partial charge in [0.05, 0.1) is 11.3 Å². The first-order chi connectivity index (χ1) is 12.0. The fourth-order valence-electron chi connectivity index (χ4n) is 2.41. The number of rotatable bonds is 3. The van der Waals surface area contributed by atoms with E-state index in [-0.39, 0.29) is 11.8 Å². The molecular formula is C18H17N3O2S2. The van der Waals surface area contributed by atoms with Crippen LogP contribution in [0.25, 0.3) is 10.6 Å². The molecule has 0 aliphatic carbocycles. The molecule has 3 aromatic rings. The fraction of sp³-hybridized carbons (Fsp3) is 0.167. The van der Waals surface area contributed by atoms with Crippen molar-refractivity contribution in [3.8, 4) is 10.6 Å². The minimum absolute atomic E-state index is 0.319. The maximum absolute atomic E-state index is 12.4. The molecule has 2 heterocycles. The van der Waals surface area contributed by atoms with Gasteiger partial charge in [-0.15, -0.1) is 22.7 Å². The third kappa shape index (κ3) is 3.78. The molecule has 0 spiro atoms. The Morgan fingerprint density at radius 2 is 1.64 bits per heavy atom. The van der Waals surface area contributed by atoms with Crippen molar-refractivity contribution in [1.82, 2.24) is 15.8 Å². The van der Waals surface area contributed by atoms with Gasteiger partial charge in [-0.3, -0.25) is 20.4 Å². The molecule has 2 amide bonds. The van der Waals surface area contributed by atoms with Crippen LogP contribution < -0.4 is 10.9 Å². The smallest absolute Gasteiger partial charge is 0.267 e. The van der Waals surface area contributed by atoms with Crippen molar-refractivity contribution >= 4 is 34.5 Å². The Morgan fingerprint density at radius 3 is 2.28 bits per heavy atom. The van der Waals surface area contributed by atoms with Crippen molar-refractivity contribution in [3.63, 3.8) is 0 Å². The Morgan fingerprint density at radius 1 is 0.960 bits per heavy atom. The predicted molar refractivity (Wildman–Crippen MR) is 101 cm³/mol. The van der Waals surface area contributed by atoms with Gasteiger partial charge in [-0.1, -0.05) is 30.3 Å². The van der Waals surface area contributed by atoms with Gasteiger partial charge >= 0.3 is 0 Å². The van der Waals surface area contributed by atoms with Gasteiger partial charge in [0.1, 0.15) is 9.88 Å². The molecule has 3 rings (SSSR count). The second kappa shape index (κ2) is 7.16. The number of hydrogen-bond donors (Lipinski definition) is 2. The van der Waals surface area contributed by atoms with Crippen LogP contribution in [0.15, 0.2) is 36.4 Å². The van der Waals surface area contributed by atoms with Crippen molar-refractivity contribution in [2.75, 3.05) is 0 Å². The summed E-state index contributed by atoms with van der Waals surface area (Å²) in [7, 11) is 0. The lowest BCUT2D eigenvalue weighted by molar-refractivity contribution is 0.0848. The number of thiophene rings is 1. The van der Waals surface area contributed by atoms with E-state index in [2.05, 4.69) is 15.8 Å². The highest BCUT2D eigenvalue weighted by Crippen LogP contribution is 2.27. The van der Waals surface area contributed by atoms with E-state index in [0.29, 0.717) is 16.1 Å². The van der Waals surface area contributed by atoms with Crippen molar-refractivity contribution in [2.45, 2.75) is 20.8 Å². The number of carbonyl (C=O) groups excluding carboxylic acids is 2. The van der Waals surface area contributed by atoms with Crippen LogP contribution in [-0.2, 0) is 0 Å². The number of nitrogens with zero attached hydrogens (tertiary/aromatic N) is 1. The molecule has 128 valence electrons. The molecule has 0 aliphatic heterocycles. The van der Waals surface area contributed by atoms with Crippen LogP contribution in [0.4, 0.5) is 0 Å². The summed E-state index contributed by atoms with van der Waals surface area (Å²) in [5, 5.41) is 0.777. The number of thiazole rings is 1. The van der Waals surface area contributed by atoms with Crippen molar-refractivity contribution in [3.05, 3.63) is 62.3 Å². The normalized spacial score (nSPS) is 10.5. The second-order valence-electron chi connectivity index (χ2n) is 5.53. The lowest BCUT2D eigenvalue weighted by atomic mass is 10.2. The van der Waals surface area contributed by atoms with E-state index in [1.54, 1.807) is 18.3 Å². The first-order valence-corrected chi connectivity index (χ1v) is 9.29. The molecule has 1 aromatic carbocycles. The molecule has 2 N–H and O–H groups in total. The van der Waals surface area contributed by atoms with Gasteiger partial charge < -0.3 is 0 Å². The number of aryl methyl sites for hydroxylation is 3. The number of hydrogen-bond acceptors (Lipinski definition) is 5. The highest BCUT2D eigenvalue weighted by atomic mass is 32.1. The lowest BCUT2D eigenvalue weighted by Gasteiger charge is -2.06. The Hall–Kier alpha value is -2.51. The third-order valence-electron chi connectivity index (χ3n) is 3.60. The SMILES string of the molecule is Cc1cc(C(=O)NNC(=O)c2sc(-c3ccccc3)nc2C)c(C)s1. The van der Waals surface area contributed by atoms with Gasteiger partial charge in [-0.25, -0.2) is 4.98 Å². The number of hydrazine groups is 1. The summed E-state index contributed by atoms with van der Waals surface area (Å²) < 4.78 is 0. The maximum Gasteiger partial charge on any atom is 0.281 e. The monoisotopic (exact) mass is 371 g/mol. The summed E-state index contributed by atoms with van der Waals surface area (Å²) in [4.78, 5) is 31.5. The van der Waals surface area contributed by atoms with Gasteiger partial charge in [0.2, 0.25) is 0 Å². The van der Waals surface area contributed by atoms with Crippen LogP contribution in [0.3, 0.4) is 0 Å². The fourth-order valence-corrected chi connectivity index (χ4v) is 4.29. The van der Waals surface area contributed by atoms with E-state index in [1.165, 1.54) is 11.3 Å². The Labute approximate surface area is 153 Å². The van der Waals surface area contributed by atoms with Crippen molar-refractivity contribution < 1.29 is 9.59 Å².